The predicted molar refractivity (Wildman–Crippen MR) is 116 cm³/mol. The molecule has 0 heterocycles. The van der Waals surface area contributed by atoms with E-state index in [4.69, 9.17) is 4.74 Å². The highest BCUT2D eigenvalue weighted by Gasteiger charge is 2.25. The minimum atomic E-state index is -3.74. The molecule has 0 fully saturated rings. The molecule has 30 heavy (non-hydrogen) atoms. The van der Waals surface area contributed by atoms with E-state index in [1.807, 2.05) is 32.0 Å². The number of carbonyl (C=O) groups excluding carboxylic acids is 2. The van der Waals surface area contributed by atoms with Crippen LogP contribution in [0.4, 0.5) is 5.69 Å². The van der Waals surface area contributed by atoms with Crippen molar-refractivity contribution in [3.05, 3.63) is 60.2 Å². The van der Waals surface area contributed by atoms with Gasteiger partial charge in [-0.2, -0.15) is 4.31 Å². The Morgan fingerprint density at radius 2 is 1.57 bits per heavy atom. The number of carbonyl (C=O) groups is 2. The monoisotopic (exact) mass is 432 g/mol. The molecule has 8 heteroatoms. The van der Waals surface area contributed by atoms with Crippen LogP contribution in [-0.2, 0) is 19.6 Å². The van der Waals surface area contributed by atoms with Gasteiger partial charge in [-0.05, 0) is 58.0 Å². The van der Waals surface area contributed by atoms with Crippen LogP contribution in [0.2, 0.25) is 0 Å². The zero-order valence-corrected chi connectivity index (χ0v) is 18.7. The topological polar surface area (TPSA) is 84.0 Å². The summed E-state index contributed by atoms with van der Waals surface area (Å²) in [6.45, 7) is 6.80. The van der Waals surface area contributed by atoms with Crippen molar-refractivity contribution >= 4 is 27.6 Å². The molecule has 1 amide bonds. The number of benzene rings is 2. The molecule has 2 rings (SSSR count). The zero-order chi connectivity index (χ0) is 22.5. The van der Waals surface area contributed by atoms with E-state index in [-0.39, 0.29) is 28.4 Å². The van der Waals surface area contributed by atoms with Gasteiger partial charge in [0.05, 0.1) is 10.5 Å². The quantitative estimate of drug-likeness (QED) is 0.598. The number of hydrogen-bond donors (Lipinski definition) is 0. The molecule has 2 aromatic rings. The maximum absolute atomic E-state index is 12.7. The Balaban J connectivity index is 2.14. The first-order valence-electron chi connectivity index (χ1n) is 9.68. The molecule has 0 aliphatic carbocycles. The minimum Gasteiger partial charge on any atom is -0.452 e. The smallest absolute Gasteiger partial charge is 0.338 e. The van der Waals surface area contributed by atoms with Gasteiger partial charge >= 0.3 is 5.97 Å². The molecule has 7 nitrogen and oxygen atoms in total. The second-order valence-corrected chi connectivity index (χ2v) is 9.41. The molecule has 0 saturated carbocycles. The zero-order valence-electron chi connectivity index (χ0n) is 17.9. The van der Waals surface area contributed by atoms with E-state index in [0.717, 1.165) is 0 Å². The lowest BCUT2D eigenvalue weighted by molar-refractivity contribution is -0.122. The second-order valence-electron chi connectivity index (χ2n) is 7.41. The van der Waals surface area contributed by atoms with Crippen molar-refractivity contribution in [1.82, 2.24) is 4.31 Å². The van der Waals surface area contributed by atoms with E-state index >= 15 is 0 Å². The van der Waals surface area contributed by atoms with E-state index in [0.29, 0.717) is 5.69 Å². The van der Waals surface area contributed by atoms with Gasteiger partial charge in [-0.3, -0.25) is 4.79 Å². The number of hydrogen-bond acceptors (Lipinski definition) is 5. The summed E-state index contributed by atoms with van der Waals surface area (Å²) in [5.41, 5.74) is 0.773. The molecule has 0 unspecified atom stereocenters. The van der Waals surface area contributed by atoms with Crippen molar-refractivity contribution in [3.63, 3.8) is 0 Å². The molecule has 0 atom stereocenters. The largest absolute Gasteiger partial charge is 0.452 e. The van der Waals surface area contributed by atoms with Crippen LogP contribution in [0.25, 0.3) is 0 Å². The van der Waals surface area contributed by atoms with Crippen LogP contribution in [0.5, 0.6) is 0 Å². The SMILES string of the molecule is CC(C)N(C(=O)COC(=O)c1cccc(S(=O)(=O)N(C)C(C)C)c1)c1ccccc1. The van der Waals surface area contributed by atoms with Crippen LogP contribution in [0.15, 0.2) is 59.5 Å². The summed E-state index contributed by atoms with van der Waals surface area (Å²) < 4.78 is 31.7. The fourth-order valence-corrected chi connectivity index (χ4v) is 4.24. The highest BCUT2D eigenvalue weighted by atomic mass is 32.2. The van der Waals surface area contributed by atoms with Crippen molar-refractivity contribution in [2.75, 3.05) is 18.6 Å². The van der Waals surface area contributed by atoms with Crippen molar-refractivity contribution < 1.29 is 22.7 Å². The third kappa shape index (κ3) is 5.46. The summed E-state index contributed by atoms with van der Waals surface area (Å²) in [4.78, 5) is 26.7. The Bertz CT molecular complexity index is 988. The fraction of sp³-hybridized carbons (Fsp3) is 0.364. The average Bonchev–Trinajstić information content (AvgIpc) is 2.72. The molecule has 2 aromatic carbocycles. The number of nitrogens with zero attached hydrogens (tertiary/aromatic N) is 2. The Morgan fingerprint density at radius 3 is 2.13 bits per heavy atom. The number of anilines is 1. The van der Waals surface area contributed by atoms with Gasteiger partial charge in [-0.25, -0.2) is 13.2 Å². The summed E-state index contributed by atoms with van der Waals surface area (Å²) in [5.74, 6) is -1.13. The first-order chi connectivity index (χ1) is 14.1. The van der Waals surface area contributed by atoms with Crippen LogP contribution < -0.4 is 4.90 Å². The maximum atomic E-state index is 12.7. The van der Waals surface area contributed by atoms with Gasteiger partial charge < -0.3 is 9.64 Å². The van der Waals surface area contributed by atoms with Gasteiger partial charge in [-0.1, -0.05) is 24.3 Å². The highest BCUT2D eigenvalue weighted by Crippen LogP contribution is 2.19. The number of ether oxygens (including phenoxy) is 1. The molecule has 0 saturated heterocycles. The van der Waals surface area contributed by atoms with Gasteiger partial charge in [0.25, 0.3) is 5.91 Å². The number of sulfonamides is 1. The van der Waals surface area contributed by atoms with E-state index < -0.39 is 22.6 Å². The molecule has 162 valence electrons. The molecule has 0 aliphatic heterocycles. The van der Waals surface area contributed by atoms with Gasteiger partial charge in [0, 0.05) is 24.8 Å². The lowest BCUT2D eigenvalue weighted by atomic mass is 10.2. The van der Waals surface area contributed by atoms with Crippen molar-refractivity contribution in [3.8, 4) is 0 Å². The Labute approximate surface area is 178 Å². The molecular weight excluding hydrogens is 404 g/mol. The minimum absolute atomic E-state index is 0.00688. The normalized spacial score (nSPS) is 11.7. The second kappa shape index (κ2) is 9.86. The number of amides is 1. The third-order valence-electron chi connectivity index (χ3n) is 4.62. The fourth-order valence-electron chi connectivity index (χ4n) is 2.83. The molecule has 0 bridgehead atoms. The summed E-state index contributed by atoms with van der Waals surface area (Å²) in [7, 11) is -2.26. The molecular formula is C22H28N2O5S. The summed E-state index contributed by atoms with van der Waals surface area (Å²) >= 11 is 0. The van der Waals surface area contributed by atoms with Crippen molar-refractivity contribution in [1.29, 1.82) is 0 Å². The number of para-hydroxylation sites is 1. The van der Waals surface area contributed by atoms with Crippen LogP contribution in [0.3, 0.4) is 0 Å². The average molecular weight is 433 g/mol. The Morgan fingerprint density at radius 1 is 0.933 bits per heavy atom. The molecule has 0 aliphatic rings. The van der Waals surface area contributed by atoms with Gasteiger partial charge in [0.15, 0.2) is 6.61 Å². The van der Waals surface area contributed by atoms with Crippen molar-refractivity contribution in [2.24, 2.45) is 0 Å². The summed E-state index contributed by atoms with van der Waals surface area (Å²) in [5, 5.41) is 0. The maximum Gasteiger partial charge on any atom is 0.338 e. The van der Waals surface area contributed by atoms with Crippen LogP contribution in [0, 0.1) is 0 Å². The lowest BCUT2D eigenvalue weighted by Gasteiger charge is -2.26. The van der Waals surface area contributed by atoms with Crippen LogP contribution in [-0.4, -0.2) is 50.3 Å². The standard InChI is InChI=1S/C22H28N2O5S/c1-16(2)23(5)30(27,28)20-13-9-10-18(14-20)22(26)29-15-21(25)24(17(3)4)19-11-7-6-8-12-19/h6-14,16-17H,15H2,1-5H3. The van der Waals surface area contributed by atoms with Gasteiger partial charge in [0.1, 0.15) is 0 Å². The highest BCUT2D eigenvalue weighted by molar-refractivity contribution is 7.89. The third-order valence-corrected chi connectivity index (χ3v) is 6.65. The predicted octanol–water partition coefficient (Wildman–Crippen LogP) is 3.31. The summed E-state index contributed by atoms with van der Waals surface area (Å²) in [6.07, 6.45) is 0. The van der Waals surface area contributed by atoms with Gasteiger partial charge in [-0.15, -0.1) is 0 Å². The summed E-state index contributed by atoms with van der Waals surface area (Å²) in [6, 6.07) is 14.4. The van der Waals surface area contributed by atoms with E-state index in [1.165, 1.54) is 35.6 Å². The van der Waals surface area contributed by atoms with Gasteiger partial charge in [0.2, 0.25) is 10.0 Å². The van der Waals surface area contributed by atoms with E-state index in [9.17, 15) is 18.0 Å². The molecule has 0 spiro atoms. The Hall–Kier alpha value is -2.71. The first kappa shape index (κ1) is 23.6. The van der Waals surface area contributed by atoms with Crippen LogP contribution >= 0.6 is 0 Å². The molecule has 0 radical (unpaired) electrons. The lowest BCUT2D eigenvalue weighted by Crippen LogP contribution is -2.39. The van der Waals surface area contributed by atoms with Crippen LogP contribution in [0.1, 0.15) is 38.1 Å². The molecule has 0 aromatic heterocycles. The first-order valence-corrected chi connectivity index (χ1v) is 11.1. The van der Waals surface area contributed by atoms with E-state index in [2.05, 4.69) is 0 Å². The number of rotatable bonds is 8. The Kier molecular flexibility index (Phi) is 7.75. The van der Waals surface area contributed by atoms with Crippen molar-refractivity contribution in [2.45, 2.75) is 44.7 Å². The van der Waals surface area contributed by atoms with E-state index in [1.54, 1.807) is 30.9 Å². The molecule has 0 N–H and O–H groups in total. The number of esters is 1.